The van der Waals surface area contributed by atoms with Gasteiger partial charge in [0.2, 0.25) is 5.91 Å². The summed E-state index contributed by atoms with van der Waals surface area (Å²) in [6.45, 7) is 13.3. The molecule has 1 amide bonds. The van der Waals surface area contributed by atoms with Gasteiger partial charge >= 0.3 is 5.97 Å². The normalized spacial score (nSPS) is 12.9. The Labute approximate surface area is 133 Å². The van der Waals surface area contributed by atoms with E-state index in [0.717, 1.165) is 22.4 Å². The van der Waals surface area contributed by atoms with Crippen LogP contribution in [-0.4, -0.2) is 23.5 Å². The largest absolute Gasteiger partial charge is 0.481 e. The fourth-order valence-electron chi connectivity index (χ4n) is 2.63. The second kappa shape index (κ2) is 6.51. The van der Waals surface area contributed by atoms with Crippen molar-refractivity contribution in [1.82, 2.24) is 0 Å². The molecule has 0 spiro atoms. The number of amides is 1. The summed E-state index contributed by atoms with van der Waals surface area (Å²) in [7, 11) is 0. The van der Waals surface area contributed by atoms with Gasteiger partial charge in [-0.15, -0.1) is 0 Å². The highest BCUT2D eigenvalue weighted by Gasteiger charge is 2.32. The average Bonchev–Trinajstić information content (AvgIpc) is 2.33. The van der Waals surface area contributed by atoms with E-state index in [0.29, 0.717) is 0 Å². The molecule has 0 saturated carbocycles. The topological polar surface area (TPSA) is 57.6 Å². The van der Waals surface area contributed by atoms with Crippen LogP contribution in [0.1, 0.15) is 44.4 Å². The van der Waals surface area contributed by atoms with Crippen LogP contribution in [-0.2, 0) is 9.59 Å². The highest BCUT2D eigenvalue weighted by molar-refractivity contribution is 5.98. The summed E-state index contributed by atoms with van der Waals surface area (Å²) >= 11 is 0. The van der Waals surface area contributed by atoms with Gasteiger partial charge in [0, 0.05) is 17.6 Å². The van der Waals surface area contributed by atoms with Crippen molar-refractivity contribution in [2.75, 3.05) is 11.4 Å². The highest BCUT2D eigenvalue weighted by atomic mass is 16.4. The van der Waals surface area contributed by atoms with E-state index >= 15 is 0 Å². The van der Waals surface area contributed by atoms with E-state index in [1.165, 1.54) is 0 Å². The maximum Gasteiger partial charge on any atom is 0.308 e. The van der Waals surface area contributed by atoms with Crippen LogP contribution in [0.2, 0.25) is 0 Å². The van der Waals surface area contributed by atoms with Crippen molar-refractivity contribution in [3.63, 3.8) is 0 Å². The fourth-order valence-corrected chi connectivity index (χ4v) is 2.63. The smallest absolute Gasteiger partial charge is 0.308 e. The van der Waals surface area contributed by atoms with Gasteiger partial charge in [0.15, 0.2) is 0 Å². The minimum Gasteiger partial charge on any atom is -0.481 e. The first-order valence-corrected chi connectivity index (χ1v) is 7.57. The molecule has 1 aromatic rings. The zero-order valence-electron chi connectivity index (χ0n) is 14.7. The first-order valence-electron chi connectivity index (χ1n) is 7.57. The molecular weight excluding hydrogens is 278 g/mol. The van der Waals surface area contributed by atoms with Gasteiger partial charge in [-0.2, -0.15) is 0 Å². The lowest BCUT2D eigenvalue weighted by Crippen LogP contribution is -2.44. The van der Waals surface area contributed by atoms with E-state index in [1.807, 2.05) is 53.7 Å². The van der Waals surface area contributed by atoms with Crippen LogP contribution in [0, 0.1) is 32.1 Å². The summed E-state index contributed by atoms with van der Waals surface area (Å²) in [6.07, 6.45) is 0. The first kappa shape index (κ1) is 18.2. The van der Waals surface area contributed by atoms with Crippen LogP contribution >= 0.6 is 0 Å². The van der Waals surface area contributed by atoms with Crippen molar-refractivity contribution in [1.29, 1.82) is 0 Å². The maximum atomic E-state index is 12.8. The molecule has 1 atom stereocenters. The predicted octanol–water partition coefficient (Wildman–Crippen LogP) is 3.71. The van der Waals surface area contributed by atoms with Crippen molar-refractivity contribution in [2.45, 2.75) is 48.5 Å². The van der Waals surface area contributed by atoms with E-state index in [9.17, 15) is 14.7 Å². The van der Waals surface area contributed by atoms with Crippen molar-refractivity contribution < 1.29 is 14.7 Å². The van der Waals surface area contributed by atoms with Gasteiger partial charge in [0.1, 0.15) is 0 Å². The molecule has 0 aromatic heterocycles. The zero-order chi connectivity index (χ0) is 17.2. The molecule has 0 bridgehead atoms. The number of nitrogens with zero attached hydrogens (tertiary/aromatic N) is 1. The molecule has 1 unspecified atom stereocenters. The molecular formula is C18H27NO3. The standard InChI is InChI=1S/C18H27NO3/c1-11-8-12(2)15(13(3)9-11)19(10-14(4)16(20)21)17(22)18(5,6)7/h8-9,14H,10H2,1-7H3,(H,20,21). The number of anilines is 1. The van der Waals surface area contributed by atoms with Gasteiger partial charge in [-0.05, 0) is 31.9 Å². The summed E-state index contributed by atoms with van der Waals surface area (Å²) in [5, 5.41) is 9.21. The third-order valence-electron chi connectivity index (χ3n) is 3.67. The first-order chi connectivity index (χ1) is 9.95. The molecule has 22 heavy (non-hydrogen) atoms. The minimum absolute atomic E-state index is 0.0596. The molecule has 0 fully saturated rings. The Morgan fingerprint density at radius 3 is 1.95 bits per heavy atom. The molecule has 0 aliphatic rings. The number of aliphatic carboxylic acids is 1. The molecule has 0 aliphatic carbocycles. The third kappa shape index (κ3) is 4.09. The third-order valence-corrected chi connectivity index (χ3v) is 3.67. The van der Waals surface area contributed by atoms with Crippen LogP contribution < -0.4 is 4.90 Å². The van der Waals surface area contributed by atoms with Gasteiger partial charge in [-0.1, -0.05) is 45.4 Å². The van der Waals surface area contributed by atoms with E-state index in [4.69, 9.17) is 0 Å². The van der Waals surface area contributed by atoms with E-state index < -0.39 is 17.3 Å². The lowest BCUT2D eigenvalue weighted by molar-refractivity contribution is -0.140. The summed E-state index contributed by atoms with van der Waals surface area (Å²) in [6, 6.07) is 4.05. The van der Waals surface area contributed by atoms with Crippen LogP contribution in [0.5, 0.6) is 0 Å². The van der Waals surface area contributed by atoms with Gasteiger partial charge in [0.25, 0.3) is 0 Å². The van der Waals surface area contributed by atoms with Crippen LogP contribution in [0.4, 0.5) is 5.69 Å². The second-order valence-electron chi connectivity index (χ2n) is 7.15. The van der Waals surface area contributed by atoms with Crippen LogP contribution in [0.3, 0.4) is 0 Å². The molecule has 1 rings (SSSR count). The number of aryl methyl sites for hydroxylation is 3. The Hall–Kier alpha value is -1.84. The molecule has 0 heterocycles. The van der Waals surface area contributed by atoms with E-state index in [2.05, 4.69) is 0 Å². The monoisotopic (exact) mass is 305 g/mol. The number of carbonyl (C=O) groups is 2. The molecule has 0 saturated heterocycles. The van der Waals surface area contributed by atoms with Gasteiger partial charge in [-0.3, -0.25) is 9.59 Å². The molecule has 4 heteroatoms. The van der Waals surface area contributed by atoms with Gasteiger partial charge < -0.3 is 10.0 Å². The predicted molar refractivity (Wildman–Crippen MR) is 89.3 cm³/mol. The molecule has 4 nitrogen and oxygen atoms in total. The number of carboxylic acid groups (broad SMARTS) is 1. The number of carbonyl (C=O) groups excluding carboxylic acids is 1. The number of hydrogen-bond acceptors (Lipinski definition) is 2. The Bertz CT molecular complexity index is 561. The molecule has 1 aromatic carbocycles. The molecule has 1 N–H and O–H groups in total. The molecule has 0 radical (unpaired) electrons. The number of carboxylic acids is 1. The van der Waals surface area contributed by atoms with Crippen molar-refractivity contribution in [3.8, 4) is 0 Å². The molecule has 122 valence electrons. The Balaban J connectivity index is 3.39. The lowest BCUT2D eigenvalue weighted by atomic mass is 9.92. The summed E-state index contributed by atoms with van der Waals surface area (Å²) in [4.78, 5) is 25.7. The van der Waals surface area contributed by atoms with E-state index in [-0.39, 0.29) is 12.5 Å². The van der Waals surface area contributed by atoms with Crippen LogP contribution in [0.25, 0.3) is 0 Å². The Morgan fingerprint density at radius 2 is 1.59 bits per heavy atom. The van der Waals surface area contributed by atoms with Gasteiger partial charge in [0.05, 0.1) is 5.92 Å². The highest BCUT2D eigenvalue weighted by Crippen LogP contribution is 2.31. The number of benzene rings is 1. The second-order valence-corrected chi connectivity index (χ2v) is 7.15. The summed E-state index contributed by atoms with van der Waals surface area (Å²) < 4.78 is 0. The van der Waals surface area contributed by atoms with E-state index in [1.54, 1.807) is 11.8 Å². The van der Waals surface area contributed by atoms with Crippen LogP contribution in [0.15, 0.2) is 12.1 Å². The number of hydrogen-bond donors (Lipinski definition) is 1. The maximum absolute atomic E-state index is 12.8. The van der Waals surface area contributed by atoms with Crippen molar-refractivity contribution in [2.24, 2.45) is 11.3 Å². The van der Waals surface area contributed by atoms with Crippen molar-refractivity contribution in [3.05, 3.63) is 28.8 Å². The van der Waals surface area contributed by atoms with Gasteiger partial charge in [-0.25, -0.2) is 0 Å². The zero-order valence-corrected chi connectivity index (χ0v) is 14.7. The summed E-state index contributed by atoms with van der Waals surface area (Å²) in [5.74, 6) is -1.57. The average molecular weight is 305 g/mol. The summed E-state index contributed by atoms with van der Waals surface area (Å²) in [5.41, 5.74) is 3.38. The Morgan fingerprint density at radius 1 is 1.14 bits per heavy atom. The van der Waals surface area contributed by atoms with Crippen molar-refractivity contribution >= 4 is 17.6 Å². The fraction of sp³-hybridized carbons (Fsp3) is 0.556. The molecule has 0 aliphatic heterocycles. The Kier molecular flexibility index (Phi) is 5.39. The quantitative estimate of drug-likeness (QED) is 0.922. The minimum atomic E-state index is -0.894. The SMILES string of the molecule is Cc1cc(C)c(N(CC(C)C(=O)O)C(=O)C(C)(C)C)c(C)c1. The number of rotatable bonds is 4. The lowest BCUT2D eigenvalue weighted by Gasteiger charge is -2.33.